The van der Waals surface area contributed by atoms with E-state index in [1.54, 1.807) is 12.8 Å². The summed E-state index contributed by atoms with van der Waals surface area (Å²) in [4.78, 5) is 0. The first-order chi connectivity index (χ1) is 6.69. The highest BCUT2D eigenvalue weighted by atomic mass is 14.6. The summed E-state index contributed by atoms with van der Waals surface area (Å²) in [7, 11) is 0. The van der Waals surface area contributed by atoms with Crippen LogP contribution in [0.3, 0.4) is 0 Å². The van der Waals surface area contributed by atoms with Gasteiger partial charge in [-0.15, -0.1) is 0 Å². The van der Waals surface area contributed by atoms with E-state index in [-0.39, 0.29) is 0 Å². The minimum absolute atomic E-state index is 0.977. The molecule has 0 amide bonds. The maximum atomic E-state index is 2.49. The van der Waals surface area contributed by atoms with E-state index >= 15 is 0 Å². The van der Waals surface area contributed by atoms with Crippen LogP contribution in [0.25, 0.3) is 0 Å². The highest BCUT2D eigenvalue weighted by molar-refractivity contribution is 5.00. The molecule has 0 aromatic carbocycles. The molecule has 82 valence electrons. The van der Waals surface area contributed by atoms with Gasteiger partial charge in [0.15, 0.2) is 0 Å². The Morgan fingerprint density at radius 1 is 1.14 bits per heavy atom. The molecule has 0 aliphatic heterocycles. The molecule has 0 nitrogen and oxygen atoms in total. The summed E-state index contributed by atoms with van der Waals surface area (Å²) in [5, 5.41) is 0. The Kier molecular flexibility index (Phi) is 2.91. The van der Waals surface area contributed by atoms with Crippen LogP contribution in [0, 0.1) is 35.5 Å². The van der Waals surface area contributed by atoms with Crippen molar-refractivity contribution in [3.63, 3.8) is 0 Å². The minimum atomic E-state index is 0.977. The molecule has 2 saturated carbocycles. The molecule has 2 aliphatic rings. The van der Waals surface area contributed by atoms with Crippen LogP contribution in [0.5, 0.6) is 0 Å². The van der Waals surface area contributed by atoms with E-state index in [0.717, 1.165) is 35.5 Å². The fraction of sp³-hybridized carbons (Fsp3) is 1.00. The van der Waals surface area contributed by atoms with Crippen LogP contribution in [-0.2, 0) is 0 Å². The SMILES string of the molecule is CCC(C)C1CC2C(C)C(CC)C2C1. The summed E-state index contributed by atoms with van der Waals surface area (Å²) < 4.78 is 0. The van der Waals surface area contributed by atoms with Crippen LogP contribution in [0.15, 0.2) is 0 Å². The molecule has 6 unspecified atom stereocenters. The Bertz CT molecular complexity index is 196. The van der Waals surface area contributed by atoms with Crippen LogP contribution in [-0.4, -0.2) is 0 Å². The van der Waals surface area contributed by atoms with Crippen molar-refractivity contribution in [2.24, 2.45) is 35.5 Å². The van der Waals surface area contributed by atoms with E-state index in [0.29, 0.717) is 0 Å². The average Bonchev–Trinajstić information content (AvgIpc) is 2.58. The van der Waals surface area contributed by atoms with E-state index in [9.17, 15) is 0 Å². The van der Waals surface area contributed by atoms with Gasteiger partial charge in [0.25, 0.3) is 0 Å². The molecular formula is C14H26. The third kappa shape index (κ3) is 1.42. The predicted molar refractivity (Wildman–Crippen MR) is 62.1 cm³/mol. The van der Waals surface area contributed by atoms with E-state index in [4.69, 9.17) is 0 Å². The second-order valence-electron chi connectivity index (χ2n) is 5.88. The third-order valence-electron chi connectivity index (χ3n) is 5.52. The maximum absolute atomic E-state index is 2.49. The van der Waals surface area contributed by atoms with Gasteiger partial charge in [0.2, 0.25) is 0 Å². The second-order valence-corrected chi connectivity index (χ2v) is 5.88. The van der Waals surface area contributed by atoms with Gasteiger partial charge in [-0.3, -0.25) is 0 Å². The summed E-state index contributed by atoms with van der Waals surface area (Å²) in [5.41, 5.74) is 0. The standard InChI is InChI=1S/C14H26/c1-5-9(3)11-7-13-10(4)12(6-2)14(13)8-11/h9-14H,5-8H2,1-4H3. The monoisotopic (exact) mass is 194 g/mol. The molecule has 0 spiro atoms. The fourth-order valence-corrected chi connectivity index (χ4v) is 4.28. The summed E-state index contributed by atoms with van der Waals surface area (Å²) in [6, 6.07) is 0. The molecule has 0 saturated heterocycles. The molecule has 6 atom stereocenters. The van der Waals surface area contributed by atoms with Crippen LogP contribution < -0.4 is 0 Å². The van der Waals surface area contributed by atoms with Gasteiger partial charge < -0.3 is 0 Å². The molecule has 0 N–H and O–H groups in total. The minimum Gasteiger partial charge on any atom is -0.0651 e. The van der Waals surface area contributed by atoms with Gasteiger partial charge in [-0.05, 0) is 48.3 Å². The smallest absolute Gasteiger partial charge is 0.0349 e. The molecule has 0 heterocycles. The molecular weight excluding hydrogens is 168 g/mol. The molecule has 0 heteroatoms. The summed E-state index contributed by atoms with van der Waals surface area (Å²) in [5.74, 6) is 6.39. The summed E-state index contributed by atoms with van der Waals surface area (Å²) in [6.07, 6.45) is 5.92. The van der Waals surface area contributed by atoms with Crippen molar-refractivity contribution < 1.29 is 0 Å². The number of hydrogen-bond donors (Lipinski definition) is 0. The zero-order valence-corrected chi connectivity index (χ0v) is 10.3. The molecule has 0 aromatic heterocycles. The molecule has 0 bridgehead atoms. The topological polar surface area (TPSA) is 0 Å². The number of fused-ring (bicyclic) bond motifs is 1. The normalized spacial score (nSPS) is 48.4. The zero-order valence-electron chi connectivity index (χ0n) is 10.3. The van der Waals surface area contributed by atoms with Crippen LogP contribution in [0.4, 0.5) is 0 Å². The maximum Gasteiger partial charge on any atom is -0.0349 e. The van der Waals surface area contributed by atoms with Gasteiger partial charge >= 0.3 is 0 Å². The third-order valence-corrected chi connectivity index (χ3v) is 5.52. The Morgan fingerprint density at radius 2 is 1.79 bits per heavy atom. The van der Waals surface area contributed by atoms with E-state index < -0.39 is 0 Å². The fourth-order valence-electron chi connectivity index (χ4n) is 4.28. The summed E-state index contributed by atoms with van der Waals surface area (Å²) in [6.45, 7) is 9.69. The molecule has 0 radical (unpaired) electrons. The van der Waals surface area contributed by atoms with Crippen molar-refractivity contribution in [2.45, 2.75) is 53.4 Å². The highest BCUT2D eigenvalue weighted by Gasteiger charge is 2.52. The van der Waals surface area contributed by atoms with Gasteiger partial charge in [-0.1, -0.05) is 40.5 Å². The van der Waals surface area contributed by atoms with Crippen LogP contribution in [0.2, 0.25) is 0 Å². The van der Waals surface area contributed by atoms with Crippen molar-refractivity contribution in [1.82, 2.24) is 0 Å². The van der Waals surface area contributed by atoms with Gasteiger partial charge in [-0.2, -0.15) is 0 Å². The second kappa shape index (κ2) is 3.87. The molecule has 2 fully saturated rings. The molecule has 14 heavy (non-hydrogen) atoms. The lowest BCUT2D eigenvalue weighted by Crippen LogP contribution is -2.41. The van der Waals surface area contributed by atoms with Crippen molar-refractivity contribution in [3.8, 4) is 0 Å². The largest absolute Gasteiger partial charge is 0.0651 e. The highest BCUT2D eigenvalue weighted by Crippen LogP contribution is 2.59. The van der Waals surface area contributed by atoms with Crippen LogP contribution >= 0.6 is 0 Å². The molecule has 2 aliphatic carbocycles. The Morgan fingerprint density at radius 3 is 2.36 bits per heavy atom. The van der Waals surface area contributed by atoms with Crippen molar-refractivity contribution >= 4 is 0 Å². The van der Waals surface area contributed by atoms with Gasteiger partial charge in [-0.25, -0.2) is 0 Å². The molecule has 0 aromatic rings. The predicted octanol–water partition coefficient (Wildman–Crippen LogP) is 4.35. The lowest BCUT2D eigenvalue weighted by Gasteiger charge is -2.47. The lowest BCUT2D eigenvalue weighted by atomic mass is 9.58. The van der Waals surface area contributed by atoms with Gasteiger partial charge in [0, 0.05) is 0 Å². The van der Waals surface area contributed by atoms with Crippen molar-refractivity contribution in [1.29, 1.82) is 0 Å². The number of hydrogen-bond acceptors (Lipinski definition) is 0. The summed E-state index contributed by atoms with van der Waals surface area (Å²) >= 11 is 0. The van der Waals surface area contributed by atoms with E-state index in [1.165, 1.54) is 12.8 Å². The van der Waals surface area contributed by atoms with Gasteiger partial charge in [0.05, 0.1) is 0 Å². The first-order valence-corrected chi connectivity index (χ1v) is 6.69. The lowest BCUT2D eigenvalue weighted by molar-refractivity contribution is 0.0133. The van der Waals surface area contributed by atoms with Crippen LogP contribution in [0.1, 0.15) is 53.4 Å². The van der Waals surface area contributed by atoms with Crippen molar-refractivity contribution in [2.75, 3.05) is 0 Å². The first kappa shape index (κ1) is 10.5. The first-order valence-electron chi connectivity index (χ1n) is 6.69. The molecule has 2 rings (SSSR count). The number of rotatable bonds is 3. The quantitative estimate of drug-likeness (QED) is 0.626. The van der Waals surface area contributed by atoms with E-state index in [1.807, 2.05) is 0 Å². The van der Waals surface area contributed by atoms with Gasteiger partial charge in [0.1, 0.15) is 0 Å². The Labute approximate surface area is 89.5 Å². The average molecular weight is 194 g/mol. The Hall–Kier alpha value is 0. The zero-order chi connectivity index (χ0) is 10.3. The Balaban J connectivity index is 1.94. The van der Waals surface area contributed by atoms with Crippen molar-refractivity contribution in [3.05, 3.63) is 0 Å². The van der Waals surface area contributed by atoms with E-state index in [2.05, 4.69) is 27.7 Å².